The molecule has 12 heavy (non-hydrogen) atoms. The molecular formula is C8H15NO3. The van der Waals surface area contributed by atoms with Gasteiger partial charge in [0, 0.05) is 6.54 Å². The smallest absolute Gasteiger partial charge is 0.317 e. The van der Waals surface area contributed by atoms with Gasteiger partial charge in [-0.3, -0.25) is 4.79 Å². The van der Waals surface area contributed by atoms with E-state index in [1.165, 1.54) is 0 Å². The van der Waals surface area contributed by atoms with Crippen molar-refractivity contribution in [3.8, 4) is 0 Å². The first-order chi connectivity index (χ1) is 5.76. The first kappa shape index (κ1) is 11.1. The van der Waals surface area contributed by atoms with Crippen LogP contribution in [0, 0.1) is 5.92 Å². The molecule has 0 spiro atoms. The predicted molar refractivity (Wildman–Crippen MR) is 44.5 cm³/mol. The van der Waals surface area contributed by atoms with Gasteiger partial charge < -0.3 is 15.3 Å². The Bertz CT molecular complexity index is 147. The third kappa shape index (κ3) is 4.08. The molecule has 0 aromatic rings. The van der Waals surface area contributed by atoms with Crippen LogP contribution in [-0.2, 0) is 14.3 Å². The number of unbranched alkanes of at least 4 members (excludes halogenated alkanes) is 1. The highest BCUT2D eigenvalue weighted by molar-refractivity contribution is 5.87. The van der Waals surface area contributed by atoms with Gasteiger partial charge in [-0.25, -0.2) is 0 Å². The van der Waals surface area contributed by atoms with Gasteiger partial charge in [-0.1, -0.05) is 13.3 Å². The molecule has 0 heterocycles. The molecule has 4 nitrogen and oxygen atoms in total. The van der Waals surface area contributed by atoms with Crippen LogP contribution >= 0.6 is 0 Å². The fourth-order valence-electron chi connectivity index (χ4n) is 0.631. The minimum absolute atomic E-state index is 0.0223. The van der Waals surface area contributed by atoms with Gasteiger partial charge in [-0.05, 0) is 6.42 Å². The number of hydrogen-bond acceptors (Lipinski definition) is 4. The molecule has 4 heteroatoms. The lowest BCUT2D eigenvalue weighted by atomic mass is 10.2. The number of ether oxygens (including phenoxy) is 1. The van der Waals surface area contributed by atoms with E-state index in [1.54, 1.807) is 0 Å². The number of carbonyl (C=O) groups is 2. The SMILES string of the molecule is CCCCOC(=O)C(C=O)CN. The summed E-state index contributed by atoms with van der Waals surface area (Å²) in [6.45, 7) is 2.39. The molecule has 1 atom stereocenters. The molecule has 0 aliphatic carbocycles. The van der Waals surface area contributed by atoms with E-state index in [9.17, 15) is 9.59 Å². The van der Waals surface area contributed by atoms with Crippen molar-refractivity contribution in [1.82, 2.24) is 0 Å². The predicted octanol–water partition coefficient (Wildman–Crippen LogP) is 0.104. The van der Waals surface area contributed by atoms with Crippen molar-refractivity contribution in [3.05, 3.63) is 0 Å². The van der Waals surface area contributed by atoms with Gasteiger partial charge in [-0.15, -0.1) is 0 Å². The molecule has 0 aromatic carbocycles. The van der Waals surface area contributed by atoms with Crippen molar-refractivity contribution in [2.75, 3.05) is 13.2 Å². The number of nitrogens with two attached hydrogens (primary N) is 1. The second kappa shape index (κ2) is 6.79. The summed E-state index contributed by atoms with van der Waals surface area (Å²) in [5.41, 5.74) is 5.16. The number of rotatable bonds is 6. The minimum atomic E-state index is -0.790. The van der Waals surface area contributed by atoms with Gasteiger partial charge in [-0.2, -0.15) is 0 Å². The van der Waals surface area contributed by atoms with E-state index in [4.69, 9.17) is 10.5 Å². The highest BCUT2D eigenvalue weighted by Crippen LogP contribution is 1.95. The molecule has 0 amide bonds. The van der Waals surface area contributed by atoms with Crippen LogP contribution in [0.5, 0.6) is 0 Å². The maximum atomic E-state index is 10.9. The van der Waals surface area contributed by atoms with E-state index < -0.39 is 11.9 Å². The molecule has 0 aliphatic heterocycles. The molecular weight excluding hydrogens is 158 g/mol. The van der Waals surface area contributed by atoms with E-state index in [0.717, 1.165) is 12.8 Å². The Hall–Kier alpha value is -0.900. The second-order valence-electron chi connectivity index (χ2n) is 2.50. The summed E-state index contributed by atoms with van der Waals surface area (Å²) in [5.74, 6) is -1.30. The lowest BCUT2D eigenvalue weighted by molar-refractivity contribution is -0.149. The molecule has 0 radical (unpaired) electrons. The van der Waals surface area contributed by atoms with Gasteiger partial charge in [0.25, 0.3) is 0 Å². The Morgan fingerprint density at radius 2 is 2.33 bits per heavy atom. The van der Waals surface area contributed by atoms with Crippen LogP contribution in [0.4, 0.5) is 0 Å². The fraction of sp³-hybridized carbons (Fsp3) is 0.750. The Balaban J connectivity index is 3.62. The summed E-state index contributed by atoms with van der Waals surface area (Å²) >= 11 is 0. The van der Waals surface area contributed by atoms with Gasteiger partial charge in [0.2, 0.25) is 0 Å². The molecule has 0 aliphatic rings. The van der Waals surface area contributed by atoms with Crippen LogP contribution in [0.2, 0.25) is 0 Å². The normalized spacial score (nSPS) is 12.2. The highest BCUT2D eigenvalue weighted by atomic mass is 16.5. The topological polar surface area (TPSA) is 69.4 Å². The monoisotopic (exact) mass is 173 g/mol. The third-order valence-electron chi connectivity index (χ3n) is 1.46. The number of hydrogen-bond donors (Lipinski definition) is 1. The third-order valence-corrected chi connectivity index (χ3v) is 1.46. The first-order valence-corrected chi connectivity index (χ1v) is 4.08. The zero-order valence-electron chi connectivity index (χ0n) is 7.29. The zero-order valence-corrected chi connectivity index (χ0v) is 7.29. The Kier molecular flexibility index (Phi) is 6.28. The summed E-state index contributed by atoms with van der Waals surface area (Å²) in [5, 5.41) is 0. The van der Waals surface area contributed by atoms with Crippen molar-refractivity contribution in [3.63, 3.8) is 0 Å². The van der Waals surface area contributed by atoms with E-state index in [1.807, 2.05) is 6.92 Å². The average molecular weight is 173 g/mol. The standard InChI is InChI=1S/C8H15NO3/c1-2-3-4-12-8(11)7(5-9)6-10/h6-7H,2-5,9H2,1H3. The molecule has 0 rings (SSSR count). The second-order valence-corrected chi connectivity index (χ2v) is 2.50. The van der Waals surface area contributed by atoms with Gasteiger partial charge in [0.15, 0.2) is 0 Å². The van der Waals surface area contributed by atoms with Crippen molar-refractivity contribution < 1.29 is 14.3 Å². The van der Waals surface area contributed by atoms with Crippen LogP contribution < -0.4 is 5.73 Å². The van der Waals surface area contributed by atoms with Crippen molar-refractivity contribution >= 4 is 12.3 Å². The Morgan fingerprint density at radius 3 is 2.75 bits per heavy atom. The molecule has 0 saturated carbocycles. The van der Waals surface area contributed by atoms with Crippen LogP contribution in [0.25, 0.3) is 0 Å². The molecule has 0 saturated heterocycles. The Labute approximate surface area is 72.1 Å². The number of aldehydes is 1. The van der Waals surface area contributed by atoms with E-state index >= 15 is 0 Å². The summed E-state index contributed by atoms with van der Waals surface area (Å²) in [6, 6.07) is 0. The van der Waals surface area contributed by atoms with Gasteiger partial charge in [0.1, 0.15) is 12.2 Å². The summed E-state index contributed by atoms with van der Waals surface area (Å²) < 4.78 is 4.78. The molecule has 0 fully saturated rings. The summed E-state index contributed by atoms with van der Waals surface area (Å²) in [7, 11) is 0. The summed E-state index contributed by atoms with van der Waals surface area (Å²) in [4.78, 5) is 21.2. The zero-order chi connectivity index (χ0) is 9.40. The Morgan fingerprint density at radius 1 is 1.67 bits per heavy atom. The lowest BCUT2D eigenvalue weighted by Crippen LogP contribution is -2.27. The van der Waals surface area contributed by atoms with Crippen LogP contribution in [-0.4, -0.2) is 25.4 Å². The van der Waals surface area contributed by atoms with Gasteiger partial charge in [0.05, 0.1) is 6.61 Å². The maximum Gasteiger partial charge on any atom is 0.317 e. The number of carbonyl (C=O) groups excluding carboxylic acids is 2. The maximum absolute atomic E-state index is 10.9. The highest BCUT2D eigenvalue weighted by Gasteiger charge is 2.16. The van der Waals surface area contributed by atoms with Gasteiger partial charge >= 0.3 is 5.97 Å². The van der Waals surface area contributed by atoms with Crippen LogP contribution in [0.15, 0.2) is 0 Å². The van der Waals surface area contributed by atoms with Crippen molar-refractivity contribution in [1.29, 1.82) is 0 Å². The molecule has 70 valence electrons. The largest absolute Gasteiger partial charge is 0.465 e. The first-order valence-electron chi connectivity index (χ1n) is 4.08. The fourth-order valence-corrected chi connectivity index (χ4v) is 0.631. The van der Waals surface area contributed by atoms with E-state index in [2.05, 4.69) is 0 Å². The minimum Gasteiger partial charge on any atom is -0.465 e. The molecule has 1 unspecified atom stereocenters. The average Bonchev–Trinajstić information content (AvgIpc) is 2.07. The van der Waals surface area contributed by atoms with Crippen LogP contribution in [0.1, 0.15) is 19.8 Å². The molecule has 0 aromatic heterocycles. The molecule has 0 bridgehead atoms. The number of esters is 1. The van der Waals surface area contributed by atoms with E-state index in [-0.39, 0.29) is 6.54 Å². The summed E-state index contributed by atoms with van der Waals surface area (Å²) in [6.07, 6.45) is 2.30. The molecule has 2 N–H and O–H groups in total. The quantitative estimate of drug-likeness (QED) is 0.268. The lowest BCUT2D eigenvalue weighted by Gasteiger charge is -2.06. The van der Waals surface area contributed by atoms with E-state index in [0.29, 0.717) is 12.9 Å². The van der Waals surface area contributed by atoms with Crippen LogP contribution in [0.3, 0.4) is 0 Å². The van der Waals surface area contributed by atoms with Crippen molar-refractivity contribution in [2.45, 2.75) is 19.8 Å². The van der Waals surface area contributed by atoms with Crippen molar-refractivity contribution in [2.24, 2.45) is 11.7 Å².